The smallest absolute Gasteiger partial charge is 0.191 e. The molecule has 2 heterocycles. The monoisotopic (exact) mass is 280 g/mol. The molecule has 106 valence electrons. The fraction of sp³-hybridized carbons (Fsp3) is 0.714. The average molecular weight is 280 g/mol. The molecule has 0 radical (unpaired) electrons. The predicted molar refractivity (Wildman–Crippen MR) is 83.2 cm³/mol. The van der Waals surface area contributed by atoms with E-state index in [0.29, 0.717) is 0 Å². The highest BCUT2D eigenvalue weighted by molar-refractivity contribution is 7.98. The van der Waals surface area contributed by atoms with Crippen molar-refractivity contribution in [3.63, 3.8) is 0 Å². The van der Waals surface area contributed by atoms with Crippen LogP contribution in [0.2, 0.25) is 0 Å². The van der Waals surface area contributed by atoms with Crippen LogP contribution >= 0.6 is 11.8 Å². The van der Waals surface area contributed by atoms with Crippen LogP contribution in [0.3, 0.4) is 0 Å². The first-order valence-electron chi connectivity index (χ1n) is 7.18. The second kappa shape index (κ2) is 6.98. The molecule has 1 atom stereocenters. The van der Waals surface area contributed by atoms with Crippen molar-refractivity contribution in [2.75, 3.05) is 36.1 Å². The molecule has 0 bridgehead atoms. The summed E-state index contributed by atoms with van der Waals surface area (Å²) in [5.74, 6) is 2.85. The van der Waals surface area contributed by atoms with Gasteiger partial charge in [-0.25, -0.2) is 9.97 Å². The summed E-state index contributed by atoms with van der Waals surface area (Å²) in [4.78, 5) is 11.6. The summed E-state index contributed by atoms with van der Waals surface area (Å²) < 4.78 is 0. The predicted octanol–water partition coefficient (Wildman–Crippen LogP) is 3.26. The van der Waals surface area contributed by atoms with Gasteiger partial charge in [-0.1, -0.05) is 32.0 Å². The third-order valence-electron chi connectivity index (χ3n) is 3.62. The number of nitrogens with zero attached hydrogens (tertiary/aromatic N) is 3. The molecule has 0 spiro atoms. The van der Waals surface area contributed by atoms with Gasteiger partial charge in [-0.15, -0.1) is 0 Å². The molecule has 1 aliphatic rings. The van der Waals surface area contributed by atoms with Crippen LogP contribution < -0.4 is 10.2 Å². The zero-order chi connectivity index (χ0) is 13.7. The van der Waals surface area contributed by atoms with E-state index in [-0.39, 0.29) is 0 Å². The van der Waals surface area contributed by atoms with Gasteiger partial charge in [0.1, 0.15) is 11.6 Å². The zero-order valence-electron chi connectivity index (χ0n) is 12.1. The van der Waals surface area contributed by atoms with Crippen molar-refractivity contribution < 1.29 is 0 Å². The van der Waals surface area contributed by atoms with E-state index in [4.69, 9.17) is 0 Å². The van der Waals surface area contributed by atoms with Crippen LogP contribution in [-0.4, -0.2) is 35.9 Å². The van der Waals surface area contributed by atoms with Crippen molar-refractivity contribution in [1.29, 1.82) is 0 Å². The summed E-state index contributed by atoms with van der Waals surface area (Å²) in [7, 11) is 0. The molecule has 0 amide bonds. The summed E-state index contributed by atoms with van der Waals surface area (Å²) in [5.41, 5.74) is 0. The Morgan fingerprint density at radius 3 is 2.89 bits per heavy atom. The van der Waals surface area contributed by atoms with E-state index < -0.39 is 0 Å². The molecule has 0 aliphatic carbocycles. The Balaban J connectivity index is 2.14. The Bertz CT molecular complexity index is 410. The highest BCUT2D eigenvalue weighted by Gasteiger charge is 2.22. The van der Waals surface area contributed by atoms with E-state index in [1.165, 1.54) is 12.8 Å². The van der Waals surface area contributed by atoms with Gasteiger partial charge in [0.2, 0.25) is 0 Å². The van der Waals surface area contributed by atoms with Crippen molar-refractivity contribution in [2.45, 2.75) is 38.3 Å². The number of thioether (sulfide) groups is 1. The SMILES string of the molecule is CCCNc1cc(N2CCC(CC)C2)nc(SC)n1. The fourth-order valence-electron chi connectivity index (χ4n) is 2.38. The Morgan fingerprint density at radius 1 is 1.42 bits per heavy atom. The van der Waals surface area contributed by atoms with Crippen LogP contribution in [0.15, 0.2) is 11.2 Å². The molecule has 4 nitrogen and oxygen atoms in total. The van der Waals surface area contributed by atoms with Crippen molar-refractivity contribution in [1.82, 2.24) is 9.97 Å². The van der Waals surface area contributed by atoms with Crippen LogP contribution in [0.4, 0.5) is 11.6 Å². The lowest BCUT2D eigenvalue weighted by atomic mass is 10.1. The van der Waals surface area contributed by atoms with E-state index in [2.05, 4.69) is 40.1 Å². The minimum Gasteiger partial charge on any atom is -0.370 e. The molecule has 1 aromatic rings. The second-order valence-electron chi connectivity index (χ2n) is 5.03. The summed E-state index contributed by atoms with van der Waals surface area (Å²) in [5, 5.41) is 4.22. The lowest BCUT2D eigenvalue weighted by molar-refractivity contribution is 0.568. The highest BCUT2D eigenvalue weighted by atomic mass is 32.2. The summed E-state index contributed by atoms with van der Waals surface area (Å²) in [6, 6.07) is 2.09. The number of anilines is 2. The number of rotatable bonds is 6. The molecule has 5 heteroatoms. The molecule has 1 aliphatic heterocycles. The van der Waals surface area contributed by atoms with Crippen molar-refractivity contribution in [3.8, 4) is 0 Å². The van der Waals surface area contributed by atoms with Crippen molar-refractivity contribution >= 4 is 23.4 Å². The van der Waals surface area contributed by atoms with Crippen molar-refractivity contribution in [3.05, 3.63) is 6.07 Å². The molecule has 19 heavy (non-hydrogen) atoms. The summed E-state index contributed by atoms with van der Waals surface area (Å²) in [6.45, 7) is 7.65. The molecule has 1 aromatic heterocycles. The minimum atomic E-state index is 0.819. The van der Waals surface area contributed by atoms with E-state index in [1.807, 2.05) is 6.26 Å². The Labute approximate surface area is 120 Å². The molecular formula is C14H24N4S. The first-order chi connectivity index (χ1) is 9.26. The normalized spacial score (nSPS) is 18.9. The molecule has 2 rings (SSSR count). The van der Waals surface area contributed by atoms with E-state index in [1.54, 1.807) is 11.8 Å². The van der Waals surface area contributed by atoms with Gasteiger partial charge < -0.3 is 10.2 Å². The number of nitrogens with one attached hydrogen (secondary N) is 1. The molecule has 1 N–H and O–H groups in total. The first kappa shape index (κ1) is 14.4. The van der Waals surface area contributed by atoms with Gasteiger partial charge in [0.25, 0.3) is 0 Å². The van der Waals surface area contributed by atoms with Crippen LogP contribution in [-0.2, 0) is 0 Å². The van der Waals surface area contributed by atoms with Gasteiger partial charge in [0.15, 0.2) is 5.16 Å². The third-order valence-corrected chi connectivity index (χ3v) is 4.17. The first-order valence-corrected chi connectivity index (χ1v) is 8.41. The number of hydrogen-bond acceptors (Lipinski definition) is 5. The van der Waals surface area contributed by atoms with Gasteiger partial charge in [0, 0.05) is 25.7 Å². The maximum Gasteiger partial charge on any atom is 0.191 e. The fourth-order valence-corrected chi connectivity index (χ4v) is 2.76. The van der Waals surface area contributed by atoms with Crippen LogP contribution in [0, 0.1) is 5.92 Å². The van der Waals surface area contributed by atoms with E-state index in [9.17, 15) is 0 Å². The number of hydrogen-bond donors (Lipinski definition) is 1. The second-order valence-corrected chi connectivity index (χ2v) is 5.81. The summed E-state index contributed by atoms with van der Waals surface area (Å²) >= 11 is 1.61. The third kappa shape index (κ3) is 3.75. The molecule has 0 aromatic carbocycles. The minimum absolute atomic E-state index is 0.819. The lowest BCUT2D eigenvalue weighted by Crippen LogP contribution is -2.21. The van der Waals surface area contributed by atoms with Gasteiger partial charge in [-0.2, -0.15) is 0 Å². The van der Waals surface area contributed by atoms with Gasteiger partial charge in [0.05, 0.1) is 0 Å². The van der Waals surface area contributed by atoms with Crippen molar-refractivity contribution in [2.24, 2.45) is 5.92 Å². The topological polar surface area (TPSA) is 41.0 Å². The largest absolute Gasteiger partial charge is 0.370 e. The molecular weight excluding hydrogens is 256 g/mol. The van der Waals surface area contributed by atoms with Crippen LogP contribution in [0.5, 0.6) is 0 Å². The summed E-state index contributed by atoms with van der Waals surface area (Å²) in [6.07, 6.45) is 5.68. The molecule has 0 saturated carbocycles. The maximum absolute atomic E-state index is 4.65. The van der Waals surface area contributed by atoms with Gasteiger partial charge in [-0.05, 0) is 25.0 Å². The maximum atomic E-state index is 4.65. The van der Waals surface area contributed by atoms with Crippen LogP contribution in [0.1, 0.15) is 33.1 Å². The molecule has 1 saturated heterocycles. The Hall–Kier alpha value is -0.970. The van der Waals surface area contributed by atoms with Gasteiger partial charge in [-0.3, -0.25) is 0 Å². The van der Waals surface area contributed by atoms with E-state index >= 15 is 0 Å². The standard InChI is InChI=1S/C14H24N4S/c1-4-7-15-12-9-13(17-14(16-12)19-3)18-8-6-11(5-2)10-18/h9,11H,4-8,10H2,1-3H3,(H,15,16,17). The highest BCUT2D eigenvalue weighted by Crippen LogP contribution is 2.27. The Kier molecular flexibility index (Phi) is 5.31. The van der Waals surface area contributed by atoms with Gasteiger partial charge >= 0.3 is 0 Å². The lowest BCUT2D eigenvalue weighted by Gasteiger charge is -2.19. The molecule has 1 unspecified atom stereocenters. The average Bonchev–Trinajstić information content (AvgIpc) is 2.93. The van der Waals surface area contributed by atoms with Crippen LogP contribution in [0.25, 0.3) is 0 Å². The number of aromatic nitrogens is 2. The van der Waals surface area contributed by atoms with E-state index in [0.717, 1.165) is 48.8 Å². The Morgan fingerprint density at radius 2 is 2.26 bits per heavy atom. The zero-order valence-corrected chi connectivity index (χ0v) is 13.0. The molecule has 1 fully saturated rings. The quantitative estimate of drug-likeness (QED) is 0.640.